The fourth-order valence-electron chi connectivity index (χ4n) is 3.31. The molecule has 3 rings (SSSR count). The van der Waals surface area contributed by atoms with E-state index in [0.717, 1.165) is 56.0 Å². The summed E-state index contributed by atoms with van der Waals surface area (Å²) in [6.07, 6.45) is 1.48. The summed E-state index contributed by atoms with van der Waals surface area (Å²) < 4.78 is 0.141. The molecule has 0 unspecified atom stereocenters. The smallest absolute Gasteiger partial charge is 0.253 e. The lowest BCUT2D eigenvalue weighted by atomic mass is 10.1. The molecular weight excluding hydrogens is 308 g/mol. The molecular formula is C18H26N2O2S. The molecule has 4 nitrogen and oxygen atoms in total. The number of aliphatic hydroxyl groups excluding tert-OH is 1. The van der Waals surface area contributed by atoms with Gasteiger partial charge in [-0.25, -0.2) is 0 Å². The molecule has 0 saturated carbocycles. The number of aliphatic hydroxyl groups is 1. The molecule has 2 heterocycles. The van der Waals surface area contributed by atoms with Crippen LogP contribution in [0.3, 0.4) is 0 Å². The fourth-order valence-corrected chi connectivity index (χ4v) is 4.42. The topological polar surface area (TPSA) is 43.8 Å². The van der Waals surface area contributed by atoms with Crippen molar-refractivity contribution < 1.29 is 9.90 Å². The Morgan fingerprint density at radius 1 is 1.17 bits per heavy atom. The SMILES string of the molecule is CC1(C)CN(C(=O)c2ccc(N3CCC(O)CC3)cc2)CCS1. The van der Waals surface area contributed by atoms with Crippen LogP contribution in [0.4, 0.5) is 5.69 Å². The summed E-state index contributed by atoms with van der Waals surface area (Å²) in [5.41, 5.74) is 1.91. The number of carbonyl (C=O) groups excluding carboxylic acids is 1. The quantitative estimate of drug-likeness (QED) is 0.903. The monoisotopic (exact) mass is 334 g/mol. The predicted octanol–water partition coefficient (Wildman–Crippen LogP) is 2.62. The van der Waals surface area contributed by atoms with Crippen molar-refractivity contribution in [3.8, 4) is 0 Å². The van der Waals surface area contributed by atoms with Crippen molar-refractivity contribution in [3.05, 3.63) is 29.8 Å². The average Bonchev–Trinajstić information content (AvgIpc) is 2.54. The molecule has 2 saturated heterocycles. The minimum Gasteiger partial charge on any atom is -0.393 e. The Morgan fingerprint density at radius 3 is 2.43 bits per heavy atom. The Labute approximate surface area is 142 Å². The number of piperidine rings is 1. The second-order valence-electron chi connectivity index (χ2n) is 7.10. The maximum atomic E-state index is 12.7. The third-order valence-corrected chi connectivity index (χ3v) is 5.95. The van der Waals surface area contributed by atoms with Crippen molar-refractivity contribution >= 4 is 23.4 Å². The number of hydrogen-bond donors (Lipinski definition) is 1. The van der Waals surface area contributed by atoms with Gasteiger partial charge in [0.1, 0.15) is 0 Å². The molecule has 0 radical (unpaired) electrons. The number of nitrogens with zero attached hydrogens (tertiary/aromatic N) is 2. The van der Waals surface area contributed by atoms with Gasteiger partial charge in [-0.3, -0.25) is 4.79 Å². The van der Waals surface area contributed by atoms with Gasteiger partial charge in [-0.05, 0) is 51.0 Å². The zero-order chi connectivity index (χ0) is 16.4. The molecule has 0 spiro atoms. The van der Waals surface area contributed by atoms with E-state index in [4.69, 9.17) is 0 Å². The second kappa shape index (κ2) is 6.73. The summed E-state index contributed by atoms with van der Waals surface area (Å²) in [6.45, 7) is 7.80. The summed E-state index contributed by atoms with van der Waals surface area (Å²) >= 11 is 1.94. The summed E-state index contributed by atoms with van der Waals surface area (Å²) in [5.74, 6) is 1.14. The van der Waals surface area contributed by atoms with Crippen molar-refractivity contribution in [1.29, 1.82) is 0 Å². The zero-order valence-corrected chi connectivity index (χ0v) is 14.8. The maximum Gasteiger partial charge on any atom is 0.253 e. The first-order valence-corrected chi connectivity index (χ1v) is 9.39. The molecule has 126 valence electrons. The summed E-state index contributed by atoms with van der Waals surface area (Å²) in [7, 11) is 0. The lowest BCUT2D eigenvalue weighted by Crippen LogP contribution is -2.46. The number of hydrogen-bond acceptors (Lipinski definition) is 4. The molecule has 0 aliphatic carbocycles. The lowest BCUT2D eigenvalue weighted by Gasteiger charge is -2.37. The lowest BCUT2D eigenvalue weighted by molar-refractivity contribution is 0.0748. The van der Waals surface area contributed by atoms with Crippen LogP contribution in [0.5, 0.6) is 0 Å². The highest BCUT2D eigenvalue weighted by Crippen LogP contribution is 2.30. The van der Waals surface area contributed by atoms with Gasteiger partial charge in [0.25, 0.3) is 5.91 Å². The molecule has 2 aliphatic rings. The molecule has 2 fully saturated rings. The van der Waals surface area contributed by atoms with Gasteiger partial charge >= 0.3 is 0 Å². The summed E-state index contributed by atoms with van der Waals surface area (Å²) in [6, 6.07) is 7.96. The molecule has 1 N–H and O–H groups in total. The van der Waals surface area contributed by atoms with Gasteiger partial charge in [0.2, 0.25) is 0 Å². The average molecular weight is 334 g/mol. The van der Waals surface area contributed by atoms with Crippen LogP contribution in [0.25, 0.3) is 0 Å². The molecule has 1 amide bonds. The van der Waals surface area contributed by atoms with Crippen molar-refractivity contribution in [2.75, 3.05) is 36.8 Å². The first-order valence-electron chi connectivity index (χ1n) is 8.41. The number of thioether (sulfide) groups is 1. The Kier molecular flexibility index (Phi) is 4.87. The minimum atomic E-state index is -0.160. The van der Waals surface area contributed by atoms with Crippen LogP contribution in [0, 0.1) is 0 Å². The molecule has 1 aromatic carbocycles. The Hall–Kier alpha value is -1.20. The third kappa shape index (κ3) is 4.01. The number of carbonyl (C=O) groups is 1. The largest absolute Gasteiger partial charge is 0.393 e. The van der Waals surface area contributed by atoms with Crippen LogP contribution in [0.15, 0.2) is 24.3 Å². The van der Waals surface area contributed by atoms with Gasteiger partial charge in [0, 0.05) is 47.9 Å². The number of anilines is 1. The van der Waals surface area contributed by atoms with E-state index >= 15 is 0 Å². The van der Waals surface area contributed by atoms with Crippen LogP contribution in [0.2, 0.25) is 0 Å². The summed E-state index contributed by atoms with van der Waals surface area (Å²) in [4.78, 5) is 16.9. The highest BCUT2D eigenvalue weighted by molar-refractivity contribution is 8.00. The van der Waals surface area contributed by atoms with E-state index in [-0.39, 0.29) is 16.8 Å². The Balaban J connectivity index is 1.66. The normalized spacial score (nSPS) is 22.2. The van der Waals surface area contributed by atoms with E-state index in [9.17, 15) is 9.90 Å². The second-order valence-corrected chi connectivity index (χ2v) is 8.90. The zero-order valence-electron chi connectivity index (χ0n) is 14.0. The predicted molar refractivity (Wildman–Crippen MR) is 96.3 cm³/mol. The summed E-state index contributed by atoms with van der Waals surface area (Å²) in [5, 5.41) is 9.60. The van der Waals surface area contributed by atoms with Crippen molar-refractivity contribution in [2.45, 2.75) is 37.5 Å². The fraction of sp³-hybridized carbons (Fsp3) is 0.611. The van der Waals surface area contributed by atoms with Gasteiger partial charge in [0.05, 0.1) is 6.10 Å². The van der Waals surface area contributed by atoms with E-state index in [0.29, 0.717) is 0 Å². The third-order valence-electron chi connectivity index (χ3n) is 4.66. The van der Waals surface area contributed by atoms with Crippen molar-refractivity contribution in [2.24, 2.45) is 0 Å². The van der Waals surface area contributed by atoms with Gasteiger partial charge in [0.15, 0.2) is 0 Å². The molecule has 0 aromatic heterocycles. The van der Waals surface area contributed by atoms with Crippen LogP contribution in [0.1, 0.15) is 37.0 Å². The highest BCUT2D eigenvalue weighted by Gasteiger charge is 2.30. The van der Waals surface area contributed by atoms with Gasteiger partial charge in [-0.15, -0.1) is 0 Å². The first kappa shape index (κ1) is 16.7. The van der Waals surface area contributed by atoms with Crippen LogP contribution >= 0.6 is 11.8 Å². The van der Waals surface area contributed by atoms with E-state index in [1.54, 1.807) is 0 Å². The molecule has 0 atom stereocenters. The number of benzene rings is 1. The molecule has 2 aliphatic heterocycles. The van der Waals surface area contributed by atoms with E-state index in [1.807, 2.05) is 40.9 Å². The minimum absolute atomic E-state index is 0.138. The number of amides is 1. The highest BCUT2D eigenvalue weighted by atomic mass is 32.2. The van der Waals surface area contributed by atoms with Gasteiger partial charge < -0.3 is 14.9 Å². The maximum absolute atomic E-state index is 12.7. The Bertz CT molecular complexity index is 551. The van der Waals surface area contributed by atoms with Crippen LogP contribution in [-0.2, 0) is 0 Å². The van der Waals surface area contributed by atoms with Crippen LogP contribution < -0.4 is 4.90 Å². The van der Waals surface area contributed by atoms with E-state index in [2.05, 4.69) is 18.7 Å². The van der Waals surface area contributed by atoms with Crippen molar-refractivity contribution in [3.63, 3.8) is 0 Å². The standard InChI is InChI=1S/C18H26N2O2S/c1-18(2)13-20(11-12-23-18)17(22)14-3-5-15(6-4-14)19-9-7-16(21)8-10-19/h3-6,16,21H,7-13H2,1-2H3. The number of rotatable bonds is 2. The molecule has 5 heteroatoms. The molecule has 1 aromatic rings. The van der Waals surface area contributed by atoms with E-state index < -0.39 is 0 Å². The van der Waals surface area contributed by atoms with Crippen molar-refractivity contribution in [1.82, 2.24) is 4.90 Å². The van der Waals surface area contributed by atoms with E-state index in [1.165, 1.54) is 0 Å². The first-order chi connectivity index (χ1) is 10.9. The van der Waals surface area contributed by atoms with Gasteiger partial charge in [-0.2, -0.15) is 11.8 Å². The van der Waals surface area contributed by atoms with Gasteiger partial charge in [-0.1, -0.05) is 0 Å². The Morgan fingerprint density at radius 2 is 1.83 bits per heavy atom. The molecule has 23 heavy (non-hydrogen) atoms. The molecule has 0 bridgehead atoms. The van der Waals surface area contributed by atoms with Crippen LogP contribution in [-0.4, -0.2) is 58.7 Å².